The molecule has 1 N–H and O–H groups in total. The first-order chi connectivity index (χ1) is 7.15. The molecule has 2 heteroatoms. The molecule has 2 unspecified atom stereocenters. The van der Waals surface area contributed by atoms with Crippen LogP contribution in [-0.2, 0) is 6.42 Å². The van der Waals surface area contributed by atoms with Crippen molar-refractivity contribution in [3.8, 4) is 0 Å². The Kier molecular flexibility index (Phi) is 2.79. The predicted molar refractivity (Wildman–Crippen MR) is 60.4 cm³/mol. The van der Waals surface area contributed by atoms with Crippen molar-refractivity contribution in [2.45, 2.75) is 33.2 Å². The maximum absolute atomic E-state index is 13.6. The lowest BCUT2D eigenvalue weighted by atomic mass is 9.99. The van der Waals surface area contributed by atoms with Gasteiger partial charge in [-0.2, -0.15) is 0 Å². The summed E-state index contributed by atoms with van der Waals surface area (Å²) in [5.41, 5.74) is 3.33. The molecule has 0 spiro atoms. The second kappa shape index (κ2) is 3.93. The summed E-state index contributed by atoms with van der Waals surface area (Å²) in [5.74, 6) is 0.457. The van der Waals surface area contributed by atoms with Crippen LogP contribution in [0, 0.1) is 18.7 Å². The number of nitrogens with one attached hydrogen (secondary N) is 1. The van der Waals surface area contributed by atoms with Crippen molar-refractivity contribution in [1.29, 1.82) is 0 Å². The van der Waals surface area contributed by atoms with Crippen molar-refractivity contribution in [1.82, 2.24) is 5.32 Å². The lowest BCUT2D eigenvalue weighted by Crippen LogP contribution is -2.24. The Labute approximate surface area is 90.7 Å². The SMILES string of the molecule is CCNC1c2c(C)ccc(F)c2CC1C. The largest absolute Gasteiger partial charge is 0.310 e. The molecule has 1 nitrogen and oxygen atoms in total. The highest BCUT2D eigenvalue weighted by molar-refractivity contribution is 5.42. The van der Waals surface area contributed by atoms with Crippen LogP contribution in [0.5, 0.6) is 0 Å². The Bertz CT molecular complexity index is 373. The van der Waals surface area contributed by atoms with Crippen LogP contribution in [0.25, 0.3) is 0 Å². The minimum absolute atomic E-state index is 0.0390. The van der Waals surface area contributed by atoms with Gasteiger partial charge in [-0.3, -0.25) is 0 Å². The van der Waals surface area contributed by atoms with Gasteiger partial charge in [0.05, 0.1) is 0 Å². The summed E-state index contributed by atoms with van der Waals surface area (Å²) in [5, 5.41) is 3.45. The van der Waals surface area contributed by atoms with E-state index in [0.29, 0.717) is 12.0 Å². The molecule has 1 aromatic rings. The maximum atomic E-state index is 13.6. The third-order valence-electron chi connectivity index (χ3n) is 3.35. The van der Waals surface area contributed by atoms with Crippen LogP contribution in [0.1, 0.15) is 36.6 Å². The van der Waals surface area contributed by atoms with E-state index in [2.05, 4.69) is 26.1 Å². The van der Waals surface area contributed by atoms with Crippen LogP contribution >= 0.6 is 0 Å². The normalized spacial score (nSPS) is 24.3. The van der Waals surface area contributed by atoms with E-state index in [1.165, 1.54) is 11.1 Å². The van der Waals surface area contributed by atoms with Crippen molar-refractivity contribution in [3.63, 3.8) is 0 Å². The molecule has 0 amide bonds. The first-order valence-electron chi connectivity index (χ1n) is 5.66. The second-order valence-corrected chi connectivity index (χ2v) is 4.47. The molecular weight excluding hydrogens is 189 g/mol. The van der Waals surface area contributed by atoms with Crippen molar-refractivity contribution >= 4 is 0 Å². The Balaban J connectivity index is 2.47. The summed E-state index contributed by atoms with van der Waals surface area (Å²) >= 11 is 0. The van der Waals surface area contributed by atoms with Gasteiger partial charge in [-0.15, -0.1) is 0 Å². The minimum Gasteiger partial charge on any atom is -0.310 e. The smallest absolute Gasteiger partial charge is 0.126 e. The van der Waals surface area contributed by atoms with Gasteiger partial charge in [-0.25, -0.2) is 4.39 Å². The number of rotatable bonds is 2. The summed E-state index contributed by atoms with van der Waals surface area (Å²) < 4.78 is 13.6. The van der Waals surface area contributed by atoms with Crippen LogP contribution in [-0.4, -0.2) is 6.54 Å². The molecule has 0 fully saturated rings. The van der Waals surface area contributed by atoms with Crippen molar-refractivity contribution in [3.05, 3.63) is 34.6 Å². The minimum atomic E-state index is -0.0390. The molecule has 1 aliphatic rings. The van der Waals surface area contributed by atoms with Gasteiger partial charge in [-0.05, 0) is 48.6 Å². The maximum Gasteiger partial charge on any atom is 0.126 e. The fourth-order valence-electron chi connectivity index (χ4n) is 2.64. The summed E-state index contributed by atoms with van der Waals surface area (Å²) in [6.45, 7) is 7.29. The third kappa shape index (κ3) is 1.67. The third-order valence-corrected chi connectivity index (χ3v) is 3.35. The highest BCUT2D eigenvalue weighted by Crippen LogP contribution is 2.38. The van der Waals surface area contributed by atoms with Gasteiger partial charge in [0, 0.05) is 6.04 Å². The molecule has 0 saturated heterocycles. The van der Waals surface area contributed by atoms with Crippen LogP contribution in [0.15, 0.2) is 12.1 Å². The van der Waals surface area contributed by atoms with E-state index in [0.717, 1.165) is 18.5 Å². The predicted octanol–water partition coefficient (Wildman–Crippen LogP) is 2.98. The second-order valence-electron chi connectivity index (χ2n) is 4.47. The average molecular weight is 207 g/mol. The number of fused-ring (bicyclic) bond motifs is 1. The number of benzene rings is 1. The highest BCUT2D eigenvalue weighted by Gasteiger charge is 2.31. The molecule has 0 bridgehead atoms. The first kappa shape index (κ1) is 10.6. The van der Waals surface area contributed by atoms with E-state index >= 15 is 0 Å². The lowest BCUT2D eigenvalue weighted by molar-refractivity contribution is 0.424. The molecule has 0 aliphatic heterocycles. The zero-order valence-corrected chi connectivity index (χ0v) is 9.60. The van der Waals surface area contributed by atoms with E-state index in [9.17, 15) is 4.39 Å². The Morgan fingerprint density at radius 1 is 1.47 bits per heavy atom. The summed E-state index contributed by atoms with van der Waals surface area (Å²) in [6.07, 6.45) is 0.862. The van der Waals surface area contributed by atoms with E-state index in [-0.39, 0.29) is 5.82 Å². The standard InChI is InChI=1S/C13H18FN/c1-4-15-13-9(3)7-10-11(14)6-5-8(2)12(10)13/h5-6,9,13,15H,4,7H2,1-3H3. The molecule has 0 saturated carbocycles. The molecule has 82 valence electrons. The van der Waals surface area contributed by atoms with Gasteiger partial charge in [0.25, 0.3) is 0 Å². The molecular formula is C13H18FN. The summed E-state index contributed by atoms with van der Waals surface area (Å²) in [4.78, 5) is 0. The number of hydrogen-bond donors (Lipinski definition) is 1. The van der Waals surface area contributed by atoms with Gasteiger partial charge in [-0.1, -0.05) is 19.9 Å². The van der Waals surface area contributed by atoms with Crippen molar-refractivity contribution in [2.75, 3.05) is 6.54 Å². The van der Waals surface area contributed by atoms with Gasteiger partial charge in [0.15, 0.2) is 0 Å². The molecule has 0 radical (unpaired) electrons. The fourth-order valence-corrected chi connectivity index (χ4v) is 2.64. The molecule has 0 heterocycles. The molecule has 0 aromatic heterocycles. The summed E-state index contributed by atoms with van der Waals surface area (Å²) in [6, 6.07) is 3.81. The van der Waals surface area contributed by atoms with Crippen molar-refractivity contribution < 1.29 is 4.39 Å². The van der Waals surface area contributed by atoms with Gasteiger partial charge < -0.3 is 5.32 Å². The monoisotopic (exact) mass is 207 g/mol. The van der Waals surface area contributed by atoms with Crippen molar-refractivity contribution in [2.24, 2.45) is 5.92 Å². The van der Waals surface area contributed by atoms with E-state index in [4.69, 9.17) is 0 Å². The number of hydrogen-bond acceptors (Lipinski definition) is 1. The molecule has 15 heavy (non-hydrogen) atoms. The Morgan fingerprint density at radius 2 is 2.20 bits per heavy atom. The van der Waals surface area contributed by atoms with E-state index < -0.39 is 0 Å². The quantitative estimate of drug-likeness (QED) is 0.786. The average Bonchev–Trinajstić information content (AvgIpc) is 2.53. The topological polar surface area (TPSA) is 12.0 Å². The molecule has 2 atom stereocenters. The Hall–Kier alpha value is -0.890. The van der Waals surface area contributed by atoms with Crippen LogP contribution < -0.4 is 5.32 Å². The van der Waals surface area contributed by atoms with Crippen LogP contribution in [0.2, 0.25) is 0 Å². The number of halogens is 1. The van der Waals surface area contributed by atoms with Crippen LogP contribution in [0.3, 0.4) is 0 Å². The zero-order valence-electron chi connectivity index (χ0n) is 9.60. The van der Waals surface area contributed by atoms with E-state index in [1.54, 1.807) is 6.07 Å². The molecule has 1 aromatic carbocycles. The van der Waals surface area contributed by atoms with Gasteiger partial charge in [0.1, 0.15) is 5.82 Å². The van der Waals surface area contributed by atoms with Crippen LogP contribution in [0.4, 0.5) is 4.39 Å². The number of aryl methyl sites for hydroxylation is 1. The molecule has 1 aliphatic carbocycles. The van der Waals surface area contributed by atoms with Gasteiger partial charge in [0.2, 0.25) is 0 Å². The Morgan fingerprint density at radius 3 is 2.87 bits per heavy atom. The molecule has 2 rings (SSSR count). The summed E-state index contributed by atoms with van der Waals surface area (Å²) in [7, 11) is 0. The first-order valence-corrected chi connectivity index (χ1v) is 5.66. The zero-order chi connectivity index (χ0) is 11.0. The highest BCUT2D eigenvalue weighted by atomic mass is 19.1. The lowest BCUT2D eigenvalue weighted by Gasteiger charge is -2.19. The fraction of sp³-hybridized carbons (Fsp3) is 0.538. The van der Waals surface area contributed by atoms with Gasteiger partial charge >= 0.3 is 0 Å². The van der Waals surface area contributed by atoms with E-state index in [1.807, 2.05) is 6.07 Å².